The first-order valence-corrected chi connectivity index (χ1v) is 4.97. The summed E-state index contributed by atoms with van der Waals surface area (Å²) >= 11 is 0. The quantitative estimate of drug-likeness (QED) is 0.227. The summed E-state index contributed by atoms with van der Waals surface area (Å²) in [5.41, 5.74) is 0. The van der Waals surface area contributed by atoms with Gasteiger partial charge in [0.05, 0.1) is 12.7 Å². The summed E-state index contributed by atoms with van der Waals surface area (Å²) in [4.78, 5) is 31.3. The highest BCUT2D eigenvalue weighted by Crippen LogP contribution is 2.25. The predicted octanol–water partition coefficient (Wildman–Crippen LogP) is -2.64. The lowest BCUT2D eigenvalue weighted by Gasteiger charge is -2.06. The zero-order chi connectivity index (χ0) is 11.8. The summed E-state index contributed by atoms with van der Waals surface area (Å²) in [6.45, 7) is -0.426. The van der Waals surface area contributed by atoms with Gasteiger partial charge in [-0.05, 0) is 0 Å². The van der Waals surface area contributed by atoms with Crippen molar-refractivity contribution in [3.63, 3.8) is 0 Å². The number of carbonyl (C=O) groups is 1. The van der Waals surface area contributed by atoms with Crippen molar-refractivity contribution >= 4 is 14.1 Å². The molecule has 0 aliphatic heterocycles. The largest absolute Gasteiger partial charge is 0.466 e. The van der Waals surface area contributed by atoms with Crippen LogP contribution in [-0.2, 0) is 9.36 Å². The molecule has 0 unspecified atom stereocenters. The Balaban J connectivity index is 0. The Hall–Kier alpha value is -0.340. The van der Waals surface area contributed by atoms with E-state index in [-0.39, 0.29) is 6.42 Å². The first-order valence-electron chi connectivity index (χ1n) is 3.41. The number of phosphoric acid groups is 1. The minimum absolute atomic E-state index is 0.0972. The molecule has 0 aliphatic carbocycles. The Morgan fingerprint density at radius 2 is 1.57 bits per heavy atom. The molecule has 0 radical (unpaired) electrons. The van der Waals surface area contributed by atoms with E-state index in [1.165, 1.54) is 0 Å². The van der Waals surface area contributed by atoms with Crippen LogP contribution < -0.4 is 0 Å². The zero-order valence-corrected chi connectivity index (χ0v) is 7.99. The van der Waals surface area contributed by atoms with Crippen LogP contribution in [0.4, 0.5) is 0 Å². The maximum atomic E-state index is 9.71. The Kier molecular flexibility index (Phi) is 9.21. The topological polar surface area (TPSA) is 156 Å². The van der Waals surface area contributed by atoms with Crippen molar-refractivity contribution in [2.45, 2.75) is 18.6 Å². The van der Waals surface area contributed by atoms with Gasteiger partial charge in [-0.25, -0.2) is 4.57 Å². The van der Waals surface area contributed by atoms with Gasteiger partial charge in [0.25, 0.3) is 0 Å². The van der Waals surface area contributed by atoms with E-state index in [2.05, 4.69) is 0 Å². The monoisotopic (exact) mass is 232 g/mol. The van der Waals surface area contributed by atoms with Gasteiger partial charge in [-0.3, -0.25) is 0 Å². The van der Waals surface area contributed by atoms with Crippen molar-refractivity contribution in [1.82, 2.24) is 0 Å². The highest BCUT2D eigenvalue weighted by Gasteiger charge is 2.08. The first kappa shape index (κ1) is 16.1. The molecule has 9 heteroatoms. The Bertz CT molecular complexity index is 180. The van der Waals surface area contributed by atoms with Gasteiger partial charge in [0.15, 0.2) is 0 Å². The third-order valence-corrected chi connectivity index (χ3v) is 0.881. The van der Waals surface area contributed by atoms with E-state index in [4.69, 9.17) is 34.6 Å². The molecule has 0 bridgehead atoms. The number of aliphatic hydroxyl groups excluding tert-OH is 3. The van der Waals surface area contributed by atoms with Crippen LogP contribution in [-0.4, -0.2) is 55.1 Å². The van der Waals surface area contributed by atoms with Gasteiger partial charge in [0, 0.05) is 6.42 Å². The molecule has 0 rings (SSSR count). The Labute approximate surface area is 79.7 Å². The lowest BCUT2D eigenvalue weighted by molar-refractivity contribution is -0.116. The minimum Gasteiger partial charge on any atom is -0.394 e. The summed E-state index contributed by atoms with van der Waals surface area (Å²) in [5, 5.41) is 25.3. The van der Waals surface area contributed by atoms with Crippen molar-refractivity contribution in [3.8, 4) is 0 Å². The molecule has 0 aromatic heterocycles. The second-order valence-corrected chi connectivity index (χ2v) is 3.32. The molecular formula is C5H13O8P. The standard InChI is InChI=1S/C5H10O4.H3O4P/c6-2-4(8)1-5(9)3-7;1-5(2,3)4/h2,4-5,7-9H,1,3H2;(H3,1,2,3,4)/t4-,5+;/m1./s1. The molecule has 14 heavy (non-hydrogen) atoms. The number of aldehydes is 1. The van der Waals surface area contributed by atoms with Gasteiger partial charge >= 0.3 is 7.82 Å². The molecule has 0 saturated carbocycles. The van der Waals surface area contributed by atoms with E-state index in [0.717, 1.165) is 0 Å². The van der Waals surface area contributed by atoms with Gasteiger partial charge < -0.3 is 34.8 Å². The Morgan fingerprint density at radius 3 is 1.79 bits per heavy atom. The molecule has 0 aromatic carbocycles. The van der Waals surface area contributed by atoms with E-state index in [9.17, 15) is 4.79 Å². The molecule has 2 atom stereocenters. The normalized spacial score (nSPS) is 15.0. The average molecular weight is 232 g/mol. The van der Waals surface area contributed by atoms with Crippen molar-refractivity contribution in [2.75, 3.05) is 6.61 Å². The molecule has 8 nitrogen and oxygen atoms in total. The second kappa shape index (κ2) is 8.01. The number of hydrogen-bond donors (Lipinski definition) is 6. The lowest BCUT2D eigenvalue weighted by atomic mass is 10.2. The first-order chi connectivity index (χ1) is 6.20. The molecule has 86 valence electrons. The van der Waals surface area contributed by atoms with Crippen LogP contribution in [0.3, 0.4) is 0 Å². The highest BCUT2D eigenvalue weighted by molar-refractivity contribution is 7.45. The van der Waals surface area contributed by atoms with Crippen LogP contribution >= 0.6 is 7.82 Å². The molecule has 0 spiro atoms. The van der Waals surface area contributed by atoms with E-state index in [1.54, 1.807) is 0 Å². The van der Waals surface area contributed by atoms with E-state index >= 15 is 0 Å². The van der Waals surface area contributed by atoms with Crippen molar-refractivity contribution in [3.05, 3.63) is 0 Å². The zero-order valence-electron chi connectivity index (χ0n) is 7.09. The summed E-state index contributed by atoms with van der Waals surface area (Å²) in [6, 6.07) is 0. The van der Waals surface area contributed by atoms with E-state index < -0.39 is 26.6 Å². The summed E-state index contributed by atoms with van der Waals surface area (Å²) in [7, 11) is -4.64. The van der Waals surface area contributed by atoms with Crippen molar-refractivity contribution in [1.29, 1.82) is 0 Å². The molecule has 0 saturated heterocycles. The molecule has 0 aromatic rings. The van der Waals surface area contributed by atoms with Gasteiger partial charge in [-0.1, -0.05) is 0 Å². The predicted molar refractivity (Wildman–Crippen MR) is 44.0 cm³/mol. The number of carbonyl (C=O) groups excluding carboxylic acids is 1. The fraction of sp³-hybridized carbons (Fsp3) is 0.800. The van der Waals surface area contributed by atoms with Crippen LogP contribution in [0, 0.1) is 0 Å². The summed E-state index contributed by atoms with van der Waals surface area (Å²) in [5.74, 6) is 0. The third-order valence-electron chi connectivity index (χ3n) is 0.881. The van der Waals surface area contributed by atoms with E-state index in [1.807, 2.05) is 0 Å². The van der Waals surface area contributed by atoms with Gasteiger partial charge in [-0.2, -0.15) is 0 Å². The third kappa shape index (κ3) is 22.6. The fourth-order valence-corrected chi connectivity index (χ4v) is 0.409. The maximum Gasteiger partial charge on any atom is 0.466 e. The molecule has 0 heterocycles. The van der Waals surface area contributed by atoms with Crippen LogP contribution in [0.5, 0.6) is 0 Å². The number of aliphatic hydroxyl groups is 3. The highest BCUT2D eigenvalue weighted by atomic mass is 31.2. The molecule has 0 amide bonds. The molecule has 0 aliphatic rings. The van der Waals surface area contributed by atoms with Crippen LogP contribution in [0.25, 0.3) is 0 Å². The van der Waals surface area contributed by atoms with E-state index in [0.29, 0.717) is 6.29 Å². The lowest BCUT2D eigenvalue weighted by Crippen LogP contribution is -2.21. The van der Waals surface area contributed by atoms with Crippen LogP contribution in [0.15, 0.2) is 0 Å². The minimum atomic E-state index is -4.64. The van der Waals surface area contributed by atoms with Gasteiger partial charge in [-0.15, -0.1) is 0 Å². The fourth-order valence-electron chi connectivity index (χ4n) is 0.409. The van der Waals surface area contributed by atoms with Crippen molar-refractivity contribution in [2.24, 2.45) is 0 Å². The smallest absolute Gasteiger partial charge is 0.394 e. The van der Waals surface area contributed by atoms with Gasteiger partial charge in [0.2, 0.25) is 0 Å². The van der Waals surface area contributed by atoms with Crippen LogP contribution in [0.2, 0.25) is 0 Å². The van der Waals surface area contributed by atoms with Gasteiger partial charge in [0.1, 0.15) is 12.4 Å². The van der Waals surface area contributed by atoms with Crippen LogP contribution in [0.1, 0.15) is 6.42 Å². The maximum absolute atomic E-state index is 9.71. The number of hydrogen-bond acceptors (Lipinski definition) is 5. The summed E-state index contributed by atoms with van der Waals surface area (Å²) in [6.07, 6.45) is -1.93. The molecular weight excluding hydrogens is 219 g/mol. The van der Waals surface area contributed by atoms with Crippen molar-refractivity contribution < 1.29 is 39.4 Å². The Morgan fingerprint density at radius 1 is 1.21 bits per heavy atom. The molecule has 0 fully saturated rings. The SMILES string of the molecule is O=C[C@H](O)C[C@H](O)CO.O=P(O)(O)O. The second-order valence-electron chi connectivity index (χ2n) is 2.29. The average Bonchev–Trinajstić information content (AvgIpc) is 2.01. The molecule has 6 N–H and O–H groups in total. The number of rotatable bonds is 4. The summed E-state index contributed by atoms with van der Waals surface area (Å²) < 4.78 is 8.88.